The fourth-order valence-corrected chi connectivity index (χ4v) is 1.38. The highest BCUT2D eigenvalue weighted by molar-refractivity contribution is 5.77. The van der Waals surface area contributed by atoms with Crippen molar-refractivity contribution in [3.05, 3.63) is 36.3 Å². The molecule has 0 spiro atoms. The van der Waals surface area contributed by atoms with Crippen molar-refractivity contribution in [2.24, 2.45) is 0 Å². The lowest BCUT2D eigenvalue weighted by atomic mass is 9.91. The molecule has 2 aromatic rings. The molecule has 0 aliphatic rings. The molecule has 2 heteroatoms. The summed E-state index contributed by atoms with van der Waals surface area (Å²) in [6.45, 7) is 6.49. The smallest absolute Gasteiger partial charge is 0.0888 e. The van der Waals surface area contributed by atoms with E-state index in [4.69, 9.17) is 0 Å². The minimum atomic E-state index is 0.101. The molecule has 0 unspecified atom stereocenters. The minimum Gasteiger partial charge on any atom is -0.262 e. The first-order valence-electron chi connectivity index (χ1n) is 4.78. The highest BCUT2D eigenvalue weighted by Crippen LogP contribution is 2.22. The Labute approximate surface area is 84.0 Å². The summed E-state index contributed by atoms with van der Waals surface area (Å²) in [6.07, 6.45) is 3.60. The summed E-state index contributed by atoms with van der Waals surface area (Å²) in [7, 11) is 0. The third-order valence-electron chi connectivity index (χ3n) is 2.26. The van der Waals surface area contributed by atoms with E-state index < -0.39 is 0 Å². The molecule has 2 heterocycles. The molecule has 0 saturated heterocycles. The number of pyridine rings is 2. The normalized spacial score (nSPS) is 11.9. The molecule has 0 amide bonds. The SMILES string of the molecule is CC(C)(C)c1ccc2ccncc2n1. The number of aromatic nitrogens is 2. The fraction of sp³-hybridized carbons (Fsp3) is 0.333. The van der Waals surface area contributed by atoms with E-state index in [0.717, 1.165) is 16.6 Å². The fourth-order valence-electron chi connectivity index (χ4n) is 1.38. The minimum absolute atomic E-state index is 0.101. The third-order valence-corrected chi connectivity index (χ3v) is 2.26. The second kappa shape index (κ2) is 3.05. The molecule has 2 nitrogen and oxygen atoms in total. The van der Waals surface area contributed by atoms with Crippen LogP contribution in [0.2, 0.25) is 0 Å². The van der Waals surface area contributed by atoms with Crippen LogP contribution in [-0.2, 0) is 5.41 Å². The van der Waals surface area contributed by atoms with Gasteiger partial charge in [-0.25, -0.2) is 0 Å². The van der Waals surface area contributed by atoms with E-state index in [2.05, 4.69) is 42.9 Å². The molecule has 0 aliphatic heterocycles. The van der Waals surface area contributed by atoms with Gasteiger partial charge in [-0.2, -0.15) is 0 Å². The molecule has 0 N–H and O–H groups in total. The van der Waals surface area contributed by atoms with E-state index in [9.17, 15) is 0 Å². The summed E-state index contributed by atoms with van der Waals surface area (Å²) in [5.41, 5.74) is 2.18. The van der Waals surface area contributed by atoms with Gasteiger partial charge in [0.15, 0.2) is 0 Å². The first kappa shape index (κ1) is 9.13. The zero-order chi connectivity index (χ0) is 10.2. The quantitative estimate of drug-likeness (QED) is 0.632. The van der Waals surface area contributed by atoms with E-state index in [0.29, 0.717) is 0 Å². The summed E-state index contributed by atoms with van der Waals surface area (Å²) in [6, 6.07) is 6.17. The first-order chi connectivity index (χ1) is 6.57. The summed E-state index contributed by atoms with van der Waals surface area (Å²) in [5.74, 6) is 0. The molecule has 0 atom stereocenters. The Kier molecular flexibility index (Phi) is 1.99. The zero-order valence-electron chi connectivity index (χ0n) is 8.78. The second-order valence-electron chi connectivity index (χ2n) is 4.51. The molecule has 0 saturated carbocycles. The summed E-state index contributed by atoms with van der Waals surface area (Å²) >= 11 is 0. The average Bonchev–Trinajstić information content (AvgIpc) is 2.16. The predicted molar refractivity (Wildman–Crippen MR) is 58.2 cm³/mol. The van der Waals surface area contributed by atoms with Crippen molar-refractivity contribution in [1.29, 1.82) is 0 Å². The second-order valence-corrected chi connectivity index (χ2v) is 4.51. The Morgan fingerprint density at radius 1 is 1.07 bits per heavy atom. The van der Waals surface area contributed by atoms with Crippen LogP contribution in [0.5, 0.6) is 0 Å². The van der Waals surface area contributed by atoms with E-state index in [1.54, 1.807) is 6.20 Å². The summed E-state index contributed by atoms with van der Waals surface area (Å²) < 4.78 is 0. The predicted octanol–water partition coefficient (Wildman–Crippen LogP) is 2.93. The van der Waals surface area contributed by atoms with Crippen LogP contribution in [0, 0.1) is 0 Å². The highest BCUT2D eigenvalue weighted by atomic mass is 14.7. The van der Waals surface area contributed by atoms with Gasteiger partial charge in [-0.3, -0.25) is 9.97 Å². The van der Waals surface area contributed by atoms with Crippen molar-refractivity contribution >= 4 is 10.9 Å². The number of fused-ring (bicyclic) bond motifs is 1. The maximum atomic E-state index is 4.58. The van der Waals surface area contributed by atoms with Gasteiger partial charge in [-0.05, 0) is 12.1 Å². The van der Waals surface area contributed by atoms with Crippen molar-refractivity contribution in [3.8, 4) is 0 Å². The van der Waals surface area contributed by atoms with Crippen LogP contribution in [-0.4, -0.2) is 9.97 Å². The Bertz CT molecular complexity index is 455. The maximum absolute atomic E-state index is 4.58. The van der Waals surface area contributed by atoms with Crippen molar-refractivity contribution < 1.29 is 0 Å². The first-order valence-corrected chi connectivity index (χ1v) is 4.78. The van der Waals surface area contributed by atoms with E-state index in [1.807, 2.05) is 12.3 Å². The summed E-state index contributed by atoms with van der Waals surface area (Å²) in [5, 5.41) is 1.15. The van der Waals surface area contributed by atoms with Gasteiger partial charge >= 0.3 is 0 Å². The molecule has 72 valence electrons. The Hall–Kier alpha value is -1.44. The molecule has 0 aromatic carbocycles. The summed E-state index contributed by atoms with van der Waals surface area (Å²) in [4.78, 5) is 8.66. The molecule has 0 bridgehead atoms. The van der Waals surface area contributed by atoms with Crippen LogP contribution in [0.25, 0.3) is 10.9 Å². The van der Waals surface area contributed by atoms with Gasteiger partial charge in [-0.1, -0.05) is 26.8 Å². The van der Waals surface area contributed by atoms with Gasteiger partial charge < -0.3 is 0 Å². The van der Waals surface area contributed by atoms with Gasteiger partial charge in [-0.15, -0.1) is 0 Å². The van der Waals surface area contributed by atoms with Crippen molar-refractivity contribution in [2.75, 3.05) is 0 Å². The van der Waals surface area contributed by atoms with Crippen LogP contribution >= 0.6 is 0 Å². The largest absolute Gasteiger partial charge is 0.262 e. The molecule has 0 fully saturated rings. The lowest BCUT2D eigenvalue weighted by Crippen LogP contribution is -2.13. The van der Waals surface area contributed by atoms with Crippen molar-refractivity contribution in [2.45, 2.75) is 26.2 Å². The van der Waals surface area contributed by atoms with Gasteiger partial charge in [0.2, 0.25) is 0 Å². The zero-order valence-corrected chi connectivity index (χ0v) is 8.78. The number of rotatable bonds is 0. The molecule has 0 radical (unpaired) electrons. The third kappa shape index (κ3) is 1.60. The lowest BCUT2D eigenvalue weighted by molar-refractivity contribution is 0.571. The van der Waals surface area contributed by atoms with Crippen LogP contribution in [0.3, 0.4) is 0 Å². The number of hydrogen-bond acceptors (Lipinski definition) is 2. The lowest BCUT2D eigenvalue weighted by Gasteiger charge is -2.17. The van der Waals surface area contributed by atoms with E-state index >= 15 is 0 Å². The standard InChI is InChI=1S/C12H14N2/c1-12(2,3)11-5-4-9-6-7-13-8-10(9)14-11/h4-8H,1-3H3. The highest BCUT2D eigenvalue weighted by Gasteiger charge is 2.15. The Morgan fingerprint density at radius 3 is 2.57 bits per heavy atom. The van der Waals surface area contributed by atoms with Crippen molar-refractivity contribution in [3.63, 3.8) is 0 Å². The average molecular weight is 186 g/mol. The van der Waals surface area contributed by atoms with E-state index in [1.165, 1.54) is 0 Å². The molecule has 0 aliphatic carbocycles. The Balaban J connectivity index is 2.63. The van der Waals surface area contributed by atoms with Crippen LogP contribution in [0.15, 0.2) is 30.6 Å². The molecule has 2 aromatic heterocycles. The van der Waals surface area contributed by atoms with Gasteiger partial charge in [0.05, 0.1) is 11.7 Å². The monoisotopic (exact) mass is 186 g/mol. The van der Waals surface area contributed by atoms with Crippen LogP contribution < -0.4 is 0 Å². The van der Waals surface area contributed by atoms with E-state index in [-0.39, 0.29) is 5.41 Å². The molecule has 14 heavy (non-hydrogen) atoms. The van der Waals surface area contributed by atoms with Crippen LogP contribution in [0.1, 0.15) is 26.5 Å². The van der Waals surface area contributed by atoms with Gasteiger partial charge in [0, 0.05) is 22.7 Å². The molecule has 2 rings (SSSR count). The number of hydrogen-bond donors (Lipinski definition) is 0. The topological polar surface area (TPSA) is 25.8 Å². The van der Waals surface area contributed by atoms with Crippen LogP contribution in [0.4, 0.5) is 0 Å². The maximum Gasteiger partial charge on any atom is 0.0888 e. The number of nitrogens with zero attached hydrogens (tertiary/aromatic N) is 2. The Morgan fingerprint density at radius 2 is 1.86 bits per heavy atom. The van der Waals surface area contributed by atoms with Gasteiger partial charge in [0.1, 0.15) is 0 Å². The molecular weight excluding hydrogens is 172 g/mol. The van der Waals surface area contributed by atoms with Gasteiger partial charge in [0.25, 0.3) is 0 Å². The van der Waals surface area contributed by atoms with Crippen molar-refractivity contribution in [1.82, 2.24) is 9.97 Å². The molecular formula is C12H14N2.